The molecule has 3 aromatic heterocycles. The van der Waals surface area contributed by atoms with Crippen molar-refractivity contribution in [3.63, 3.8) is 0 Å². The van der Waals surface area contributed by atoms with Crippen LogP contribution in [0.4, 0.5) is 10.2 Å². The molecule has 0 bridgehead atoms. The zero-order chi connectivity index (χ0) is 23.3. The molecular formula is C23H15FIN5O3. The molecule has 0 aliphatic rings. The van der Waals surface area contributed by atoms with Crippen molar-refractivity contribution < 1.29 is 13.6 Å². The van der Waals surface area contributed by atoms with Gasteiger partial charge in [0, 0.05) is 10.9 Å². The summed E-state index contributed by atoms with van der Waals surface area (Å²) in [5, 5.41) is 6.14. The number of halogens is 2. The van der Waals surface area contributed by atoms with E-state index in [0.29, 0.717) is 48.7 Å². The van der Waals surface area contributed by atoms with Gasteiger partial charge in [-0.15, -0.1) is 0 Å². The normalized spacial score (nSPS) is 12.3. The van der Waals surface area contributed by atoms with Crippen molar-refractivity contribution in [1.29, 1.82) is 0 Å². The minimum atomic E-state index is -0.634. The van der Waals surface area contributed by atoms with Crippen molar-refractivity contribution in [2.75, 3.05) is 5.73 Å². The number of rotatable bonds is 4. The van der Waals surface area contributed by atoms with Gasteiger partial charge in [0.25, 0.3) is 0 Å². The van der Waals surface area contributed by atoms with Crippen LogP contribution in [0.25, 0.3) is 32.9 Å². The van der Waals surface area contributed by atoms with Crippen molar-refractivity contribution in [3.05, 3.63) is 80.1 Å². The van der Waals surface area contributed by atoms with Crippen LogP contribution in [-0.4, -0.2) is 26.0 Å². The Morgan fingerprint density at radius 2 is 1.94 bits per heavy atom. The number of carbonyl (C=O) groups is 1. The lowest BCUT2D eigenvalue weighted by atomic mass is 9.95. The van der Waals surface area contributed by atoms with Crippen molar-refractivity contribution in [3.8, 4) is 11.1 Å². The highest BCUT2D eigenvalue weighted by molar-refractivity contribution is 14.1. The Morgan fingerprint density at radius 3 is 2.70 bits per heavy atom. The van der Waals surface area contributed by atoms with E-state index in [1.807, 2.05) is 29.5 Å². The molecule has 2 aromatic carbocycles. The predicted molar refractivity (Wildman–Crippen MR) is 130 cm³/mol. The highest BCUT2D eigenvalue weighted by Crippen LogP contribution is 2.37. The molecule has 0 spiro atoms. The van der Waals surface area contributed by atoms with Crippen LogP contribution >= 0.6 is 22.6 Å². The van der Waals surface area contributed by atoms with E-state index in [-0.39, 0.29) is 11.4 Å². The quantitative estimate of drug-likeness (QED) is 0.259. The van der Waals surface area contributed by atoms with E-state index in [2.05, 4.69) is 15.1 Å². The molecule has 0 radical (unpaired) electrons. The summed E-state index contributed by atoms with van der Waals surface area (Å²) in [5.41, 5.74) is 6.97. The van der Waals surface area contributed by atoms with Crippen molar-refractivity contribution in [1.82, 2.24) is 19.7 Å². The van der Waals surface area contributed by atoms with Gasteiger partial charge >= 0.3 is 5.63 Å². The Balaban J connectivity index is 1.84. The largest absolute Gasteiger partial charge is 0.424 e. The summed E-state index contributed by atoms with van der Waals surface area (Å²) >= 11 is 2.05. The summed E-state index contributed by atoms with van der Waals surface area (Å²) in [6, 6.07) is 10.6. The number of aromatic nitrogens is 4. The number of nitrogens with zero attached hydrogens (tertiary/aromatic N) is 4. The van der Waals surface area contributed by atoms with Crippen LogP contribution < -0.4 is 11.4 Å². The average molecular weight is 555 g/mol. The third kappa shape index (κ3) is 3.37. The van der Waals surface area contributed by atoms with Gasteiger partial charge in [-0.25, -0.2) is 23.8 Å². The summed E-state index contributed by atoms with van der Waals surface area (Å²) in [7, 11) is 0. The molecule has 1 unspecified atom stereocenters. The predicted octanol–water partition coefficient (Wildman–Crippen LogP) is 4.35. The Kier molecular flexibility index (Phi) is 5.16. The van der Waals surface area contributed by atoms with E-state index in [9.17, 15) is 14.0 Å². The van der Waals surface area contributed by atoms with Gasteiger partial charge in [-0.05, 0) is 53.3 Å². The molecule has 0 saturated carbocycles. The van der Waals surface area contributed by atoms with E-state index in [1.165, 1.54) is 18.5 Å². The Morgan fingerprint density at radius 1 is 1.18 bits per heavy atom. The molecule has 0 saturated heterocycles. The standard InChI is InChI=1S/C23H15FIN5O3/c1-11(30-22-18(20(25)29-30)21(26)27-10-28-22)19-17(12-6-7-16(24)13(8-12)9-31)14-4-2-3-5-15(14)23(32)33-19/h2-11H,1H3,(H2,26,27,28). The lowest BCUT2D eigenvalue weighted by Gasteiger charge is -2.18. The maximum absolute atomic E-state index is 14.1. The summed E-state index contributed by atoms with van der Waals surface area (Å²) in [6.07, 6.45) is 1.79. The summed E-state index contributed by atoms with van der Waals surface area (Å²) in [6.45, 7) is 1.81. The fraction of sp³-hybridized carbons (Fsp3) is 0.0870. The van der Waals surface area contributed by atoms with Crippen LogP contribution in [0.5, 0.6) is 0 Å². The van der Waals surface area contributed by atoms with E-state index in [0.717, 1.165) is 0 Å². The number of benzene rings is 2. The molecule has 8 nitrogen and oxygen atoms in total. The minimum absolute atomic E-state index is 0.0963. The smallest absolute Gasteiger partial charge is 0.343 e. The fourth-order valence-corrected chi connectivity index (χ4v) is 4.68. The number of hydrogen-bond acceptors (Lipinski definition) is 7. The van der Waals surface area contributed by atoms with Crippen molar-refractivity contribution in [2.45, 2.75) is 13.0 Å². The van der Waals surface area contributed by atoms with Gasteiger partial charge in [0.2, 0.25) is 0 Å². The number of nitrogen functional groups attached to an aromatic ring is 1. The molecule has 2 N–H and O–H groups in total. The molecule has 0 aliphatic heterocycles. The minimum Gasteiger partial charge on any atom is -0.424 e. The van der Waals surface area contributed by atoms with Gasteiger partial charge in [-0.2, -0.15) is 5.10 Å². The van der Waals surface area contributed by atoms with Crippen LogP contribution in [0.1, 0.15) is 29.1 Å². The Hall–Kier alpha value is -3.67. The molecule has 0 aliphatic carbocycles. The highest BCUT2D eigenvalue weighted by Gasteiger charge is 2.26. The van der Waals surface area contributed by atoms with E-state index in [4.69, 9.17) is 10.2 Å². The van der Waals surface area contributed by atoms with Crippen molar-refractivity contribution >= 4 is 56.5 Å². The monoisotopic (exact) mass is 555 g/mol. The molecule has 0 amide bonds. The first-order valence-corrected chi connectivity index (χ1v) is 10.9. The van der Waals surface area contributed by atoms with Crippen LogP contribution in [-0.2, 0) is 0 Å². The van der Waals surface area contributed by atoms with Gasteiger partial charge in [0.05, 0.1) is 16.3 Å². The number of fused-ring (bicyclic) bond motifs is 2. The summed E-state index contributed by atoms with van der Waals surface area (Å²) < 4.78 is 22.1. The van der Waals surface area contributed by atoms with Gasteiger partial charge < -0.3 is 10.2 Å². The number of hydrogen-bond donors (Lipinski definition) is 1. The third-order valence-electron chi connectivity index (χ3n) is 5.50. The molecule has 5 aromatic rings. The average Bonchev–Trinajstić information content (AvgIpc) is 3.17. The fourth-order valence-electron chi connectivity index (χ4n) is 3.93. The molecular weight excluding hydrogens is 540 g/mol. The van der Waals surface area contributed by atoms with Crippen molar-refractivity contribution in [2.24, 2.45) is 0 Å². The molecule has 3 heterocycles. The van der Waals surface area contributed by atoms with Gasteiger partial charge in [0.1, 0.15) is 33.5 Å². The molecule has 10 heteroatoms. The van der Waals surface area contributed by atoms with Crippen LogP contribution in [0, 0.1) is 9.52 Å². The first-order chi connectivity index (χ1) is 15.9. The SMILES string of the molecule is CC(c1oc(=O)c2ccccc2c1-c1ccc(F)c(C=O)c1)n1nc(I)c2c(N)ncnc21. The lowest BCUT2D eigenvalue weighted by Crippen LogP contribution is -2.14. The zero-order valence-corrected chi connectivity index (χ0v) is 19.3. The topological polar surface area (TPSA) is 117 Å². The van der Waals surface area contributed by atoms with E-state index >= 15 is 0 Å². The second-order valence-electron chi connectivity index (χ2n) is 7.40. The van der Waals surface area contributed by atoms with Crippen LogP contribution in [0.15, 0.2) is 58.0 Å². The summed E-state index contributed by atoms with van der Waals surface area (Å²) in [4.78, 5) is 32.6. The third-order valence-corrected chi connectivity index (χ3v) is 6.25. The summed E-state index contributed by atoms with van der Waals surface area (Å²) in [5.74, 6) is -0.0535. The molecule has 1 atom stereocenters. The second-order valence-corrected chi connectivity index (χ2v) is 8.42. The number of nitrogens with two attached hydrogens (primary N) is 1. The maximum atomic E-state index is 14.1. The zero-order valence-electron chi connectivity index (χ0n) is 17.1. The Labute approximate surface area is 199 Å². The van der Waals surface area contributed by atoms with Crippen LogP contribution in [0.2, 0.25) is 0 Å². The van der Waals surface area contributed by atoms with E-state index in [1.54, 1.807) is 35.0 Å². The molecule has 0 fully saturated rings. The van der Waals surface area contributed by atoms with Gasteiger partial charge in [-0.3, -0.25) is 4.79 Å². The number of anilines is 1. The van der Waals surface area contributed by atoms with Gasteiger partial charge in [0.15, 0.2) is 11.9 Å². The highest BCUT2D eigenvalue weighted by atomic mass is 127. The molecule has 164 valence electrons. The Bertz CT molecular complexity index is 1630. The van der Waals surface area contributed by atoms with Crippen LogP contribution in [0.3, 0.4) is 0 Å². The molecule has 5 rings (SSSR count). The number of aldehydes is 1. The molecule has 33 heavy (non-hydrogen) atoms. The maximum Gasteiger partial charge on any atom is 0.343 e. The van der Waals surface area contributed by atoms with Gasteiger partial charge in [-0.1, -0.05) is 24.3 Å². The second kappa shape index (κ2) is 8.03. The van der Waals surface area contributed by atoms with E-state index < -0.39 is 17.5 Å². The first-order valence-electron chi connectivity index (χ1n) is 9.85. The first kappa shape index (κ1) is 21.2. The number of carbonyl (C=O) groups excluding carboxylic acids is 1. The lowest BCUT2D eigenvalue weighted by molar-refractivity contribution is 0.112.